The third kappa shape index (κ3) is 18.4. The van der Waals surface area contributed by atoms with Crippen molar-refractivity contribution in [1.82, 2.24) is 0 Å². The van der Waals surface area contributed by atoms with Gasteiger partial charge >= 0.3 is 11.9 Å². The Morgan fingerprint density at radius 2 is 1.26 bits per heavy atom. The maximum absolute atomic E-state index is 12.3. The molecule has 0 radical (unpaired) electrons. The average Bonchev–Trinajstić information content (AvgIpc) is 2.99. The van der Waals surface area contributed by atoms with Gasteiger partial charge in [-0.3, -0.25) is 9.59 Å². The lowest BCUT2D eigenvalue weighted by Crippen LogP contribution is -2.59. The SMILES string of the molecule is CC/C=C\C/C=C\C/C=C\C/C=C\C/C=C\C/C=C\CCC(=O)OC(COC(C)=O)COC1OC(CO)C(O)C(O)C1O. The van der Waals surface area contributed by atoms with Gasteiger partial charge in [-0.25, -0.2) is 0 Å². The Kier molecular flexibility index (Phi) is 21.8. The smallest absolute Gasteiger partial charge is 0.306 e. The first-order valence-electron chi connectivity index (χ1n) is 14.9. The van der Waals surface area contributed by atoms with Gasteiger partial charge in [-0.2, -0.15) is 0 Å². The summed E-state index contributed by atoms with van der Waals surface area (Å²) in [6.45, 7) is 2.13. The first-order valence-corrected chi connectivity index (χ1v) is 14.9. The molecule has 1 heterocycles. The minimum absolute atomic E-state index is 0.0960. The van der Waals surface area contributed by atoms with Crippen LogP contribution in [0.2, 0.25) is 0 Å². The first-order chi connectivity index (χ1) is 20.8. The van der Waals surface area contributed by atoms with Crippen molar-refractivity contribution < 1.29 is 49.0 Å². The zero-order valence-corrected chi connectivity index (χ0v) is 25.4. The van der Waals surface area contributed by atoms with Crippen molar-refractivity contribution in [2.75, 3.05) is 19.8 Å². The molecule has 0 aromatic rings. The molecule has 0 aromatic heterocycles. The molecule has 242 valence electrons. The van der Waals surface area contributed by atoms with Crippen molar-refractivity contribution in [3.05, 3.63) is 72.9 Å². The van der Waals surface area contributed by atoms with Gasteiger partial charge in [0.2, 0.25) is 0 Å². The van der Waals surface area contributed by atoms with Crippen LogP contribution in [0.1, 0.15) is 65.2 Å². The molecule has 1 fully saturated rings. The number of esters is 2. The molecule has 10 nitrogen and oxygen atoms in total. The molecular formula is C33H50O10. The predicted octanol–water partition coefficient (Wildman–Crippen LogP) is 3.76. The third-order valence-electron chi connectivity index (χ3n) is 6.18. The summed E-state index contributed by atoms with van der Waals surface area (Å²) < 4.78 is 21.0. The minimum Gasteiger partial charge on any atom is -0.462 e. The molecule has 1 aliphatic rings. The van der Waals surface area contributed by atoms with E-state index in [9.17, 15) is 30.0 Å². The summed E-state index contributed by atoms with van der Waals surface area (Å²) >= 11 is 0. The summed E-state index contributed by atoms with van der Waals surface area (Å²) in [6.07, 6.45) is 23.1. The Labute approximate surface area is 255 Å². The summed E-state index contributed by atoms with van der Waals surface area (Å²) in [6, 6.07) is 0. The monoisotopic (exact) mass is 606 g/mol. The van der Waals surface area contributed by atoms with E-state index < -0.39 is 55.4 Å². The highest BCUT2D eigenvalue weighted by molar-refractivity contribution is 5.70. The Morgan fingerprint density at radius 1 is 0.744 bits per heavy atom. The lowest BCUT2D eigenvalue weighted by atomic mass is 9.99. The number of rotatable bonds is 21. The molecule has 1 rings (SSSR count). The quantitative estimate of drug-likeness (QED) is 0.112. The molecule has 1 saturated heterocycles. The largest absolute Gasteiger partial charge is 0.462 e. The summed E-state index contributed by atoms with van der Waals surface area (Å²) in [4.78, 5) is 23.6. The molecule has 43 heavy (non-hydrogen) atoms. The minimum atomic E-state index is -1.60. The van der Waals surface area contributed by atoms with Crippen molar-refractivity contribution in [3.63, 3.8) is 0 Å². The van der Waals surface area contributed by atoms with Crippen molar-refractivity contribution in [3.8, 4) is 0 Å². The van der Waals surface area contributed by atoms with Gasteiger partial charge in [0.1, 0.15) is 31.0 Å². The van der Waals surface area contributed by atoms with Gasteiger partial charge in [0.15, 0.2) is 12.4 Å². The molecule has 0 aliphatic carbocycles. The second kappa shape index (κ2) is 24.6. The molecule has 0 saturated carbocycles. The number of aliphatic hydroxyl groups excluding tert-OH is 4. The van der Waals surface area contributed by atoms with E-state index in [4.69, 9.17) is 18.9 Å². The Balaban J connectivity index is 2.29. The van der Waals surface area contributed by atoms with Crippen LogP contribution in [-0.2, 0) is 28.5 Å². The summed E-state index contributed by atoms with van der Waals surface area (Å²) in [7, 11) is 0. The predicted molar refractivity (Wildman–Crippen MR) is 164 cm³/mol. The first kappa shape index (κ1) is 38.2. The highest BCUT2D eigenvalue weighted by atomic mass is 16.7. The van der Waals surface area contributed by atoms with Gasteiger partial charge in [-0.15, -0.1) is 0 Å². The van der Waals surface area contributed by atoms with E-state index >= 15 is 0 Å². The van der Waals surface area contributed by atoms with Gasteiger partial charge in [-0.05, 0) is 44.9 Å². The number of hydrogen-bond acceptors (Lipinski definition) is 10. The number of allylic oxidation sites excluding steroid dienone is 12. The van der Waals surface area contributed by atoms with E-state index in [0.29, 0.717) is 6.42 Å². The van der Waals surface area contributed by atoms with Crippen molar-refractivity contribution in [1.29, 1.82) is 0 Å². The van der Waals surface area contributed by atoms with Gasteiger partial charge in [0.25, 0.3) is 0 Å². The van der Waals surface area contributed by atoms with Crippen molar-refractivity contribution in [2.45, 2.75) is 102 Å². The van der Waals surface area contributed by atoms with Gasteiger partial charge < -0.3 is 39.4 Å². The number of aliphatic hydroxyl groups is 4. The van der Waals surface area contributed by atoms with Gasteiger partial charge in [0.05, 0.1) is 13.2 Å². The fourth-order valence-corrected chi connectivity index (χ4v) is 3.82. The van der Waals surface area contributed by atoms with Crippen LogP contribution in [0.5, 0.6) is 0 Å². The molecule has 0 amide bonds. The van der Waals surface area contributed by atoms with E-state index in [1.807, 2.05) is 12.2 Å². The normalized spacial score (nSPS) is 23.9. The van der Waals surface area contributed by atoms with E-state index in [2.05, 4.69) is 67.7 Å². The van der Waals surface area contributed by atoms with Crippen LogP contribution in [0.15, 0.2) is 72.9 Å². The van der Waals surface area contributed by atoms with Crippen LogP contribution < -0.4 is 0 Å². The van der Waals surface area contributed by atoms with Crippen molar-refractivity contribution in [2.24, 2.45) is 0 Å². The molecule has 1 aliphatic heterocycles. The fraction of sp³-hybridized carbons (Fsp3) is 0.576. The van der Waals surface area contributed by atoms with Crippen molar-refractivity contribution >= 4 is 11.9 Å². The van der Waals surface area contributed by atoms with Crippen LogP contribution in [0, 0.1) is 0 Å². The molecular weight excluding hydrogens is 556 g/mol. The lowest BCUT2D eigenvalue weighted by molar-refractivity contribution is -0.305. The zero-order chi connectivity index (χ0) is 31.7. The summed E-state index contributed by atoms with van der Waals surface area (Å²) in [5.74, 6) is -1.11. The molecule has 0 bridgehead atoms. The van der Waals surface area contributed by atoms with Gasteiger partial charge in [-0.1, -0.05) is 79.8 Å². The van der Waals surface area contributed by atoms with Gasteiger partial charge in [0, 0.05) is 13.3 Å². The second-order valence-electron chi connectivity index (χ2n) is 9.90. The van der Waals surface area contributed by atoms with Crippen LogP contribution in [0.3, 0.4) is 0 Å². The Bertz CT molecular complexity index is 934. The molecule has 0 spiro atoms. The number of carbonyl (C=O) groups excluding carboxylic acids is 2. The standard InChI is InChI=1S/C33H50O10/c1-3-4-5-6-7-8-9-10-11-12-13-14-15-16-17-18-19-20-21-22-29(36)42-27(24-40-26(2)35)25-41-33-32(39)31(38)30(37)28(23-34)43-33/h4-5,7-8,10-11,13-14,16-17,19-20,27-28,30-34,37-39H,3,6,9,12,15,18,21-25H2,1-2H3/b5-4-,8-7-,11-10-,14-13-,17-16-,20-19-. The highest BCUT2D eigenvalue weighted by Gasteiger charge is 2.44. The topological polar surface area (TPSA) is 152 Å². The van der Waals surface area contributed by atoms with E-state index in [-0.39, 0.29) is 19.6 Å². The maximum Gasteiger partial charge on any atom is 0.306 e. The molecule has 6 atom stereocenters. The van der Waals surface area contributed by atoms with Crippen LogP contribution in [0.4, 0.5) is 0 Å². The highest BCUT2D eigenvalue weighted by Crippen LogP contribution is 2.22. The number of ether oxygens (including phenoxy) is 4. The molecule has 0 aromatic carbocycles. The molecule has 10 heteroatoms. The number of carbonyl (C=O) groups is 2. The van der Waals surface area contributed by atoms with E-state index in [0.717, 1.165) is 38.5 Å². The average molecular weight is 607 g/mol. The Morgan fingerprint density at radius 3 is 1.74 bits per heavy atom. The summed E-state index contributed by atoms with van der Waals surface area (Å²) in [5.41, 5.74) is 0. The van der Waals surface area contributed by atoms with E-state index in [1.165, 1.54) is 6.92 Å². The van der Waals surface area contributed by atoms with Crippen LogP contribution >= 0.6 is 0 Å². The maximum atomic E-state index is 12.3. The number of hydrogen-bond donors (Lipinski definition) is 4. The lowest BCUT2D eigenvalue weighted by Gasteiger charge is -2.39. The Hall–Kier alpha value is -2.86. The molecule has 6 unspecified atom stereocenters. The van der Waals surface area contributed by atoms with Crippen LogP contribution in [-0.4, -0.2) is 89.0 Å². The van der Waals surface area contributed by atoms with Crippen LogP contribution in [0.25, 0.3) is 0 Å². The zero-order valence-electron chi connectivity index (χ0n) is 25.4. The third-order valence-corrected chi connectivity index (χ3v) is 6.18. The fourth-order valence-electron chi connectivity index (χ4n) is 3.82. The van der Waals surface area contributed by atoms with E-state index in [1.54, 1.807) is 0 Å². The second-order valence-corrected chi connectivity index (χ2v) is 9.90. The summed E-state index contributed by atoms with van der Waals surface area (Å²) in [5, 5.41) is 39.2. The molecule has 4 N–H and O–H groups in total.